The highest BCUT2D eigenvalue weighted by Crippen LogP contribution is 2.41. The first-order chi connectivity index (χ1) is 29.3. The molecule has 4 unspecified atom stereocenters. The number of anilines is 2. The molecule has 0 bridgehead atoms. The van der Waals surface area contributed by atoms with Gasteiger partial charge in [0, 0.05) is 7.14 Å². The van der Waals surface area contributed by atoms with Crippen LogP contribution in [0, 0.1) is 21.4 Å². The molecule has 0 aliphatic heterocycles. The van der Waals surface area contributed by atoms with Crippen LogP contribution in [0.4, 0.5) is 11.4 Å². The van der Waals surface area contributed by atoms with Crippen molar-refractivity contribution in [3.05, 3.63) is 43.7 Å². The van der Waals surface area contributed by atoms with Crippen molar-refractivity contribution in [2.75, 3.05) is 62.5 Å². The van der Waals surface area contributed by atoms with Crippen molar-refractivity contribution in [3.8, 4) is 0 Å². The molecule has 0 saturated carbocycles. The first-order valence-corrected chi connectivity index (χ1v) is 24.3. The summed E-state index contributed by atoms with van der Waals surface area (Å²) in [7, 11) is 0. The molecule has 2 aromatic rings. The summed E-state index contributed by atoms with van der Waals surface area (Å²) in [5, 5.41) is 122. The Bertz CT molecular complexity index is 1900. The molecule has 0 aromatic heterocycles. The topological polar surface area (TPSA) is 380 Å². The van der Waals surface area contributed by atoms with Crippen molar-refractivity contribution in [3.63, 3.8) is 0 Å². The number of nitrogens with one attached hydrogen (secondary N) is 4. The van der Waals surface area contributed by atoms with Crippen molar-refractivity contribution in [1.29, 1.82) is 0 Å². The van der Waals surface area contributed by atoms with E-state index in [2.05, 4.69) is 21.3 Å². The van der Waals surface area contributed by atoms with Crippen LogP contribution in [0.1, 0.15) is 69.1 Å². The minimum absolute atomic E-state index is 0.118. The monoisotopic (exact) mass is 1580 g/mol. The summed E-state index contributed by atoms with van der Waals surface area (Å²) >= 11 is 9.75. The van der Waals surface area contributed by atoms with E-state index >= 15 is 0 Å². The third-order valence-corrected chi connectivity index (χ3v) is 14.8. The van der Waals surface area contributed by atoms with E-state index < -0.39 is 117 Å². The van der Waals surface area contributed by atoms with E-state index in [1.165, 1.54) is 0 Å². The molecule has 29 heteroatoms. The van der Waals surface area contributed by atoms with Gasteiger partial charge in [-0.1, -0.05) is 0 Å². The second-order valence-corrected chi connectivity index (χ2v) is 21.1. The minimum Gasteiger partial charge on any atom is -0.391 e. The Balaban J connectivity index is 3.03. The van der Waals surface area contributed by atoms with E-state index in [1.807, 2.05) is 0 Å². The summed E-state index contributed by atoms with van der Waals surface area (Å²) in [6, 6.07) is 0. The van der Waals surface area contributed by atoms with Crippen LogP contribution in [0.3, 0.4) is 0 Å². The summed E-state index contributed by atoms with van der Waals surface area (Å²) in [5.74, 6) is -6.66. The Morgan fingerprint density at radius 2 is 0.656 bits per heavy atom. The van der Waals surface area contributed by atoms with Crippen LogP contribution in [-0.4, -0.2) is 173 Å². The SMILES string of the molecule is CC(O)(CO)NC(=O)c1c(I)c(C(=O)NC(C)(O)CO)c(I)c(N(CC(O)CN(C(=O)CO)c2c(I)c(C(=O)NC(C)(O)CO)c(I)c(C(=O)NC(C)(O)CO)c2I)C(=O)CO)c1I. The van der Waals surface area contributed by atoms with E-state index in [1.54, 1.807) is 136 Å². The van der Waals surface area contributed by atoms with Crippen molar-refractivity contribution < 1.29 is 84.9 Å². The molecular weight excluding hydrogens is 1540 g/mol. The van der Waals surface area contributed by atoms with E-state index in [9.17, 15) is 84.9 Å². The van der Waals surface area contributed by atoms with E-state index in [4.69, 9.17) is 0 Å². The Morgan fingerprint density at radius 3 is 0.828 bits per heavy atom. The van der Waals surface area contributed by atoms with Gasteiger partial charge >= 0.3 is 0 Å². The summed E-state index contributed by atoms with van der Waals surface area (Å²) in [6.45, 7) is -3.89. The molecule has 0 radical (unpaired) electrons. The predicted octanol–water partition coefficient (Wildman–Crippen LogP) is -2.25. The quantitative estimate of drug-likeness (QED) is 0.0492. The number of benzene rings is 2. The van der Waals surface area contributed by atoms with Gasteiger partial charge in [-0.15, -0.1) is 0 Å². The fraction of sp³-hybridized carbons (Fsp3) is 0.486. The number of carbonyl (C=O) groups excluding carboxylic acids is 6. The summed E-state index contributed by atoms with van der Waals surface area (Å²) < 4.78 is -0.713. The number of halogens is 6. The summed E-state index contributed by atoms with van der Waals surface area (Å²) in [6.07, 6.45) is -1.91. The fourth-order valence-electron chi connectivity index (χ4n) is 5.25. The molecular formula is C35H44I6N6O17. The van der Waals surface area contributed by atoms with Crippen LogP contribution in [0.2, 0.25) is 0 Å². The van der Waals surface area contributed by atoms with Gasteiger partial charge in [-0.25, -0.2) is 0 Å². The number of aliphatic hydroxyl groups is 11. The third-order valence-electron chi connectivity index (χ3n) is 8.46. The lowest BCUT2D eigenvalue weighted by Gasteiger charge is -2.33. The van der Waals surface area contributed by atoms with E-state index in [-0.39, 0.29) is 55.0 Å². The molecule has 0 heterocycles. The lowest BCUT2D eigenvalue weighted by atomic mass is 10.0. The highest BCUT2D eigenvalue weighted by molar-refractivity contribution is 14.1. The number of hydrogen-bond acceptors (Lipinski definition) is 17. The lowest BCUT2D eigenvalue weighted by Crippen LogP contribution is -2.51. The van der Waals surface area contributed by atoms with Crippen LogP contribution in [-0.2, 0) is 9.59 Å². The van der Waals surface area contributed by atoms with Crippen LogP contribution < -0.4 is 31.1 Å². The number of nitrogens with zero attached hydrogens (tertiary/aromatic N) is 2. The lowest BCUT2D eigenvalue weighted by molar-refractivity contribution is -0.121. The Hall–Kier alpha value is -0.800. The second-order valence-electron chi connectivity index (χ2n) is 14.6. The zero-order chi connectivity index (χ0) is 49.6. The number of hydrogen-bond donors (Lipinski definition) is 15. The number of carbonyl (C=O) groups is 6. The van der Waals surface area contributed by atoms with E-state index in [0.29, 0.717) is 0 Å². The van der Waals surface area contributed by atoms with Gasteiger partial charge in [0.05, 0.1) is 93.5 Å². The second kappa shape index (κ2) is 24.2. The number of aliphatic hydroxyl groups excluding tert-OH is 7. The van der Waals surface area contributed by atoms with Crippen LogP contribution in [0.15, 0.2) is 0 Å². The molecule has 15 N–H and O–H groups in total. The number of amides is 6. The molecule has 0 aliphatic carbocycles. The molecule has 6 amide bonds. The first-order valence-electron chi connectivity index (χ1n) is 17.9. The zero-order valence-electron chi connectivity index (χ0n) is 33.8. The van der Waals surface area contributed by atoms with Gasteiger partial charge in [0.2, 0.25) is 0 Å². The molecule has 0 saturated heterocycles. The normalized spacial score (nSPS) is 15.6. The highest BCUT2D eigenvalue weighted by Gasteiger charge is 2.39. The van der Waals surface area contributed by atoms with Crippen LogP contribution in [0.25, 0.3) is 0 Å². The maximum Gasteiger partial charge on any atom is 0.255 e. The summed E-state index contributed by atoms with van der Waals surface area (Å²) in [4.78, 5) is 83.9. The smallest absolute Gasteiger partial charge is 0.255 e. The molecule has 0 spiro atoms. The largest absolute Gasteiger partial charge is 0.391 e. The molecule has 0 fully saturated rings. The predicted molar refractivity (Wildman–Crippen MR) is 275 cm³/mol. The standard InChI is InChI=1S/C35H44I6N6O17/c1-32(61,9-50)42-28(57)16-20(36)17(29(58)43-33(2,62)10-51)23(39)26(22(16)38)46(14(55)7-48)5-13(54)6-47(15(56)8-49)27-24(40)18(30(59)44-34(3,63)11-52)21(37)19(25(27)41)31(60)45-35(4,64)12-53/h13,48-54,61-64H,5-12H2,1-4H3,(H,42,57)(H,43,58)(H,44,59)(H,45,60). The number of rotatable bonds is 20. The van der Waals surface area contributed by atoms with Crippen LogP contribution >= 0.6 is 136 Å². The molecule has 2 aromatic carbocycles. The van der Waals surface area contributed by atoms with Gasteiger partial charge in [0.15, 0.2) is 22.9 Å². The van der Waals surface area contributed by atoms with Crippen molar-refractivity contribution >= 4 is 182 Å². The van der Waals surface area contributed by atoms with Gasteiger partial charge < -0.3 is 87.2 Å². The van der Waals surface area contributed by atoms with Gasteiger partial charge in [-0.3, -0.25) is 28.8 Å². The van der Waals surface area contributed by atoms with Crippen LogP contribution in [0.5, 0.6) is 0 Å². The zero-order valence-corrected chi connectivity index (χ0v) is 46.7. The molecule has 358 valence electrons. The minimum atomic E-state index is -2.21. The maximum atomic E-state index is 13.8. The third kappa shape index (κ3) is 14.6. The van der Waals surface area contributed by atoms with Gasteiger partial charge in [0.25, 0.3) is 35.4 Å². The van der Waals surface area contributed by atoms with Crippen molar-refractivity contribution in [2.24, 2.45) is 0 Å². The molecule has 64 heavy (non-hydrogen) atoms. The highest BCUT2D eigenvalue weighted by atomic mass is 127. The Labute approximate surface area is 446 Å². The Morgan fingerprint density at radius 1 is 0.453 bits per heavy atom. The molecule has 4 atom stereocenters. The Kier molecular flexibility index (Phi) is 22.4. The molecule has 0 aliphatic rings. The van der Waals surface area contributed by atoms with E-state index in [0.717, 1.165) is 37.5 Å². The van der Waals surface area contributed by atoms with Gasteiger partial charge in [-0.05, 0) is 163 Å². The first kappa shape index (κ1) is 59.3. The summed E-state index contributed by atoms with van der Waals surface area (Å²) in [5.41, 5.74) is -11.0. The van der Waals surface area contributed by atoms with Crippen molar-refractivity contribution in [1.82, 2.24) is 21.3 Å². The fourth-order valence-corrected chi connectivity index (χ4v) is 14.7. The van der Waals surface area contributed by atoms with Gasteiger partial charge in [-0.2, -0.15) is 0 Å². The molecule has 2 rings (SSSR count). The van der Waals surface area contributed by atoms with Gasteiger partial charge in [0.1, 0.15) is 13.2 Å². The maximum absolute atomic E-state index is 13.8. The van der Waals surface area contributed by atoms with Crippen molar-refractivity contribution in [2.45, 2.75) is 56.7 Å². The average molecular weight is 1580 g/mol. The average Bonchev–Trinajstić information content (AvgIpc) is 3.18. The molecule has 23 nitrogen and oxygen atoms in total.